The van der Waals surface area contributed by atoms with Crippen LogP contribution in [0.25, 0.3) is 0 Å². The standard InChI is InChI=1S/C8H9BrN2OS/c1-8(2-3-8)11-7(12)5-6(9)10-4-13-5/h4H,2-3H2,1H3,(H,11,12). The Morgan fingerprint density at radius 3 is 2.92 bits per heavy atom. The Hall–Kier alpha value is -0.420. The Labute approximate surface area is 88.7 Å². The van der Waals surface area contributed by atoms with Gasteiger partial charge in [0.2, 0.25) is 0 Å². The molecule has 0 spiro atoms. The van der Waals surface area contributed by atoms with E-state index in [0.29, 0.717) is 9.48 Å². The Kier molecular flexibility index (Phi) is 2.15. The molecule has 13 heavy (non-hydrogen) atoms. The molecular weight excluding hydrogens is 252 g/mol. The molecule has 1 heterocycles. The van der Waals surface area contributed by atoms with Gasteiger partial charge in [0.25, 0.3) is 5.91 Å². The van der Waals surface area contributed by atoms with Gasteiger partial charge in [-0.3, -0.25) is 4.79 Å². The summed E-state index contributed by atoms with van der Waals surface area (Å²) in [5.41, 5.74) is 1.70. The van der Waals surface area contributed by atoms with Crippen molar-refractivity contribution in [2.24, 2.45) is 0 Å². The molecule has 0 radical (unpaired) electrons. The van der Waals surface area contributed by atoms with Gasteiger partial charge in [0, 0.05) is 5.54 Å². The summed E-state index contributed by atoms with van der Waals surface area (Å²) in [6.07, 6.45) is 2.16. The van der Waals surface area contributed by atoms with E-state index in [-0.39, 0.29) is 11.4 Å². The molecule has 0 unspecified atom stereocenters. The molecule has 1 aromatic heterocycles. The monoisotopic (exact) mass is 260 g/mol. The van der Waals surface area contributed by atoms with Crippen molar-refractivity contribution in [2.75, 3.05) is 0 Å². The molecule has 2 rings (SSSR count). The fourth-order valence-corrected chi connectivity index (χ4v) is 2.29. The first kappa shape index (κ1) is 9.15. The van der Waals surface area contributed by atoms with E-state index in [4.69, 9.17) is 0 Å². The van der Waals surface area contributed by atoms with Crippen molar-refractivity contribution in [3.8, 4) is 0 Å². The smallest absolute Gasteiger partial charge is 0.264 e. The predicted molar refractivity (Wildman–Crippen MR) is 54.9 cm³/mol. The molecule has 0 aliphatic heterocycles. The van der Waals surface area contributed by atoms with Crippen LogP contribution in [-0.4, -0.2) is 16.4 Å². The molecular formula is C8H9BrN2OS. The van der Waals surface area contributed by atoms with Gasteiger partial charge in [-0.1, -0.05) is 0 Å². The number of amides is 1. The van der Waals surface area contributed by atoms with E-state index in [1.807, 2.05) is 0 Å². The summed E-state index contributed by atoms with van der Waals surface area (Å²) in [5, 5.41) is 2.97. The first-order chi connectivity index (χ1) is 6.11. The Balaban J connectivity index is 2.09. The first-order valence-corrected chi connectivity index (χ1v) is 5.69. The minimum Gasteiger partial charge on any atom is -0.346 e. The highest BCUT2D eigenvalue weighted by Crippen LogP contribution is 2.35. The van der Waals surface area contributed by atoms with E-state index in [1.165, 1.54) is 11.3 Å². The van der Waals surface area contributed by atoms with Crippen LogP contribution in [0.4, 0.5) is 0 Å². The van der Waals surface area contributed by atoms with Crippen LogP contribution in [0.1, 0.15) is 29.4 Å². The molecule has 5 heteroatoms. The van der Waals surface area contributed by atoms with Gasteiger partial charge in [0.05, 0.1) is 5.51 Å². The van der Waals surface area contributed by atoms with Gasteiger partial charge >= 0.3 is 0 Å². The van der Waals surface area contributed by atoms with Crippen molar-refractivity contribution in [2.45, 2.75) is 25.3 Å². The molecule has 1 amide bonds. The normalized spacial score (nSPS) is 18.3. The average molecular weight is 261 g/mol. The van der Waals surface area contributed by atoms with E-state index >= 15 is 0 Å². The highest BCUT2D eigenvalue weighted by molar-refractivity contribution is 9.10. The second kappa shape index (κ2) is 3.06. The number of hydrogen-bond acceptors (Lipinski definition) is 3. The zero-order chi connectivity index (χ0) is 9.47. The van der Waals surface area contributed by atoms with Gasteiger partial charge in [-0.15, -0.1) is 11.3 Å². The molecule has 70 valence electrons. The highest BCUT2D eigenvalue weighted by atomic mass is 79.9. The van der Waals surface area contributed by atoms with Crippen molar-refractivity contribution < 1.29 is 4.79 Å². The first-order valence-electron chi connectivity index (χ1n) is 4.02. The number of hydrogen-bond donors (Lipinski definition) is 1. The highest BCUT2D eigenvalue weighted by Gasteiger charge is 2.39. The molecule has 1 aromatic rings. The summed E-state index contributed by atoms with van der Waals surface area (Å²) in [5.74, 6) is -0.0191. The van der Waals surface area contributed by atoms with E-state index in [2.05, 4.69) is 33.2 Å². The largest absolute Gasteiger partial charge is 0.346 e. The zero-order valence-electron chi connectivity index (χ0n) is 7.13. The van der Waals surface area contributed by atoms with Gasteiger partial charge in [0.15, 0.2) is 0 Å². The van der Waals surface area contributed by atoms with Gasteiger partial charge in [-0.05, 0) is 35.7 Å². The van der Waals surface area contributed by atoms with E-state index in [0.717, 1.165) is 12.8 Å². The summed E-state index contributed by atoms with van der Waals surface area (Å²) >= 11 is 4.59. The van der Waals surface area contributed by atoms with Crippen LogP contribution in [0.5, 0.6) is 0 Å². The molecule has 1 fully saturated rings. The molecule has 1 aliphatic rings. The lowest BCUT2D eigenvalue weighted by molar-refractivity contribution is 0.0938. The van der Waals surface area contributed by atoms with Gasteiger partial charge in [-0.25, -0.2) is 4.98 Å². The van der Waals surface area contributed by atoms with Crippen LogP contribution < -0.4 is 5.32 Å². The number of halogens is 1. The minimum atomic E-state index is -0.0191. The Morgan fingerprint density at radius 1 is 1.77 bits per heavy atom. The van der Waals surface area contributed by atoms with E-state index < -0.39 is 0 Å². The number of nitrogens with one attached hydrogen (secondary N) is 1. The van der Waals surface area contributed by atoms with E-state index in [9.17, 15) is 4.79 Å². The topological polar surface area (TPSA) is 42.0 Å². The maximum Gasteiger partial charge on any atom is 0.264 e. The lowest BCUT2D eigenvalue weighted by atomic mass is 10.3. The molecule has 1 saturated carbocycles. The minimum absolute atomic E-state index is 0.0191. The van der Waals surface area contributed by atoms with Crippen molar-refractivity contribution in [3.05, 3.63) is 15.0 Å². The lowest BCUT2D eigenvalue weighted by Crippen LogP contribution is -2.33. The second-order valence-corrected chi connectivity index (χ2v) is 5.09. The van der Waals surface area contributed by atoms with Crippen molar-refractivity contribution in [3.63, 3.8) is 0 Å². The number of carbonyl (C=O) groups excluding carboxylic acids is 1. The van der Waals surface area contributed by atoms with Gasteiger partial charge in [-0.2, -0.15) is 0 Å². The summed E-state index contributed by atoms with van der Waals surface area (Å²) in [6, 6.07) is 0. The molecule has 0 saturated heterocycles. The third-order valence-electron chi connectivity index (χ3n) is 2.15. The fourth-order valence-electron chi connectivity index (χ4n) is 1.02. The number of rotatable bonds is 2. The fraction of sp³-hybridized carbons (Fsp3) is 0.500. The second-order valence-electron chi connectivity index (χ2n) is 3.49. The quantitative estimate of drug-likeness (QED) is 0.886. The molecule has 1 N–H and O–H groups in total. The van der Waals surface area contributed by atoms with Crippen molar-refractivity contribution >= 4 is 33.2 Å². The Bertz CT molecular complexity index is 346. The molecule has 0 aromatic carbocycles. The number of nitrogens with zero attached hydrogens (tertiary/aromatic N) is 1. The third kappa shape index (κ3) is 1.91. The van der Waals surface area contributed by atoms with Crippen LogP contribution >= 0.6 is 27.3 Å². The number of carbonyl (C=O) groups is 1. The molecule has 1 aliphatic carbocycles. The average Bonchev–Trinajstić information content (AvgIpc) is 2.63. The summed E-state index contributed by atoms with van der Waals surface area (Å²) in [4.78, 5) is 16.2. The third-order valence-corrected chi connectivity index (χ3v) is 3.83. The summed E-state index contributed by atoms with van der Waals surface area (Å²) in [6.45, 7) is 2.06. The predicted octanol–water partition coefficient (Wildman–Crippen LogP) is 2.19. The SMILES string of the molecule is CC1(NC(=O)c2scnc2Br)CC1. The van der Waals surface area contributed by atoms with E-state index in [1.54, 1.807) is 5.51 Å². The number of aromatic nitrogens is 1. The van der Waals surface area contributed by atoms with Crippen molar-refractivity contribution in [1.29, 1.82) is 0 Å². The van der Waals surface area contributed by atoms with Crippen LogP contribution in [-0.2, 0) is 0 Å². The number of thiazole rings is 1. The van der Waals surface area contributed by atoms with Crippen LogP contribution in [0, 0.1) is 0 Å². The van der Waals surface area contributed by atoms with Crippen LogP contribution in [0.2, 0.25) is 0 Å². The summed E-state index contributed by atoms with van der Waals surface area (Å²) in [7, 11) is 0. The zero-order valence-corrected chi connectivity index (χ0v) is 9.54. The van der Waals surface area contributed by atoms with Crippen LogP contribution in [0.15, 0.2) is 10.1 Å². The lowest BCUT2D eigenvalue weighted by Gasteiger charge is -2.09. The molecule has 0 atom stereocenters. The summed E-state index contributed by atoms with van der Waals surface area (Å²) < 4.78 is 0.638. The molecule has 0 bridgehead atoms. The Morgan fingerprint density at radius 2 is 2.46 bits per heavy atom. The van der Waals surface area contributed by atoms with Gasteiger partial charge in [0.1, 0.15) is 9.48 Å². The van der Waals surface area contributed by atoms with Gasteiger partial charge < -0.3 is 5.32 Å². The maximum absolute atomic E-state index is 11.6. The molecule has 3 nitrogen and oxygen atoms in total. The van der Waals surface area contributed by atoms with Crippen molar-refractivity contribution in [1.82, 2.24) is 10.3 Å². The van der Waals surface area contributed by atoms with Crippen LogP contribution in [0.3, 0.4) is 0 Å². The maximum atomic E-state index is 11.6.